The van der Waals surface area contributed by atoms with Gasteiger partial charge in [0.05, 0.1) is 0 Å². The van der Waals surface area contributed by atoms with Gasteiger partial charge in [0.2, 0.25) is 0 Å². The predicted octanol–water partition coefficient (Wildman–Crippen LogP) is 4.81. The van der Waals surface area contributed by atoms with Gasteiger partial charge in [-0.1, -0.05) is 45.1 Å². The smallest absolute Gasteiger partial charge is 0.000900 e. The SMILES string of the molecule is CC1=CC=CC(C)=C2C1=CCC2(C)C(C)C. The number of allylic oxidation sites excluding steroid dienone is 8. The van der Waals surface area contributed by atoms with E-state index in [0.29, 0.717) is 11.3 Å². The van der Waals surface area contributed by atoms with E-state index in [1.54, 1.807) is 5.57 Å². The summed E-state index contributed by atoms with van der Waals surface area (Å²) in [5, 5.41) is 0. The largest absolute Gasteiger partial charge is 0.0758 e. The van der Waals surface area contributed by atoms with Gasteiger partial charge in [0.15, 0.2) is 0 Å². The fourth-order valence-corrected chi connectivity index (χ4v) is 2.88. The summed E-state index contributed by atoms with van der Waals surface area (Å²) in [6.45, 7) is 11.6. The lowest BCUT2D eigenvalue weighted by molar-refractivity contribution is 0.294. The molecule has 0 heterocycles. The minimum atomic E-state index is 0.323. The Morgan fingerprint density at radius 1 is 1.25 bits per heavy atom. The van der Waals surface area contributed by atoms with Crippen molar-refractivity contribution < 1.29 is 0 Å². The highest BCUT2D eigenvalue weighted by molar-refractivity contribution is 5.59. The van der Waals surface area contributed by atoms with E-state index in [2.05, 4.69) is 58.9 Å². The van der Waals surface area contributed by atoms with Gasteiger partial charge in [-0.25, -0.2) is 0 Å². The molecule has 1 unspecified atom stereocenters. The number of hydrogen-bond donors (Lipinski definition) is 0. The van der Waals surface area contributed by atoms with Gasteiger partial charge in [-0.05, 0) is 53.9 Å². The maximum atomic E-state index is 2.43. The molecule has 0 aromatic carbocycles. The minimum Gasteiger partial charge on any atom is -0.0758 e. The summed E-state index contributed by atoms with van der Waals surface area (Å²) < 4.78 is 0. The molecule has 86 valence electrons. The van der Waals surface area contributed by atoms with Crippen LogP contribution in [0.3, 0.4) is 0 Å². The maximum Gasteiger partial charge on any atom is -0.000900 e. The second-order valence-corrected chi connectivity index (χ2v) is 5.66. The molecule has 2 rings (SSSR count). The molecular formula is C16H22. The fraction of sp³-hybridized carbons (Fsp3) is 0.500. The monoisotopic (exact) mass is 214 g/mol. The Bertz CT molecular complexity index is 427. The Hall–Kier alpha value is -1.04. The predicted molar refractivity (Wildman–Crippen MR) is 71.2 cm³/mol. The Morgan fingerprint density at radius 2 is 1.94 bits per heavy atom. The van der Waals surface area contributed by atoms with E-state index in [4.69, 9.17) is 0 Å². The van der Waals surface area contributed by atoms with Gasteiger partial charge >= 0.3 is 0 Å². The quantitative estimate of drug-likeness (QED) is 0.587. The molecule has 0 aromatic rings. The Kier molecular flexibility index (Phi) is 2.69. The summed E-state index contributed by atoms with van der Waals surface area (Å²) in [5.41, 5.74) is 6.23. The molecule has 0 fully saturated rings. The third-order valence-electron chi connectivity index (χ3n) is 4.36. The van der Waals surface area contributed by atoms with Crippen LogP contribution in [0.25, 0.3) is 0 Å². The van der Waals surface area contributed by atoms with E-state index >= 15 is 0 Å². The number of rotatable bonds is 1. The van der Waals surface area contributed by atoms with Crippen LogP contribution in [0.2, 0.25) is 0 Å². The third-order valence-corrected chi connectivity index (χ3v) is 4.36. The minimum absolute atomic E-state index is 0.323. The number of hydrogen-bond acceptors (Lipinski definition) is 0. The summed E-state index contributed by atoms with van der Waals surface area (Å²) in [7, 11) is 0. The first-order valence-electron chi connectivity index (χ1n) is 6.24. The molecule has 0 amide bonds. The highest BCUT2D eigenvalue weighted by atomic mass is 14.4. The van der Waals surface area contributed by atoms with E-state index < -0.39 is 0 Å². The molecule has 0 saturated carbocycles. The van der Waals surface area contributed by atoms with E-state index in [1.165, 1.54) is 23.1 Å². The maximum absolute atomic E-state index is 2.43. The lowest BCUT2D eigenvalue weighted by atomic mass is 9.71. The van der Waals surface area contributed by atoms with E-state index in [9.17, 15) is 0 Å². The van der Waals surface area contributed by atoms with E-state index in [1.807, 2.05) is 0 Å². The van der Waals surface area contributed by atoms with Gasteiger partial charge < -0.3 is 0 Å². The molecule has 0 N–H and O–H groups in total. The van der Waals surface area contributed by atoms with Crippen LogP contribution in [0.1, 0.15) is 41.0 Å². The van der Waals surface area contributed by atoms with Crippen molar-refractivity contribution >= 4 is 0 Å². The Morgan fingerprint density at radius 3 is 2.56 bits per heavy atom. The molecule has 0 saturated heterocycles. The topological polar surface area (TPSA) is 0 Å². The van der Waals surface area contributed by atoms with Crippen LogP contribution >= 0.6 is 0 Å². The Labute approximate surface area is 99.4 Å². The summed E-state index contributed by atoms with van der Waals surface area (Å²) in [6, 6.07) is 0. The molecular weight excluding hydrogens is 192 g/mol. The van der Waals surface area contributed by atoms with Crippen molar-refractivity contribution in [2.75, 3.05) is 0 Å². The van der Waals surface area contributed by atoms with E-state index in [0.717, 1.165) is 0 Å². The van der Waals surface area contributed by atoms with Crippen molar-refractivity contribution in [1.82, 2.24) is 0 Å². The van der Waals surface area contributed by atoms with Crippen LogP contribution in [0.15, 0.2) is 46.6 Å². The van der Waals surface area contributed by atoms with Gasteiger partial charge in [0.1, 0.15) is 0 Å². The van der Waals surface area contributed by atoms with Gasteiger partial charge in [0.25, 0.3) is 0 Å². The standard InChI is InChI=1S/C16H22/c1-11(2)16(5)10-9-14-12(3)7-6-8-13(4)15(14)16/h6-9,11H,10H2,1-5H3. The van der Waals surface area contributed by atoms with Crippen molar-refractivity contribution in [1.29, 1.82) is 0 Å². The molecule has 0 aromatic heterocycles. The van der Waals surface area contributed by atoms with Crippen LogP contribution in [-0.4, -0.2) is 0 Å². The molecule has 1 atom stereocenters. The molecule has 0 spiro atoms. The first kappa shape index (κ1) is 11.4. The molecule has 0 heteroatoms. The number of fused-ring (bicyclic) bond motifs is 1. The summed E-state index contributed by atoms with van der Waals surface area (Å²) in [5.74, 6) is 0.686. The first-order valence-corrected chi connectivity index (χ1v) is 6.24. The van der Waals surface area contributed by atoms with Crippen molar-refractivity contribution in [2.24, 2.45) is 11.3 Å². The van der Waals surface area contributed by atoms with E-state index in [-0.39, 0.29) is 0 Å². The fourth-order valence-electron chi connectivity index (χ4n) is 2.88. The van der Waals surface area contributed by atoms with Crippen molar-refractivity contribution in [3.63, 3.8) is 0 Å². The molecule has 2 aliphatic rings. The molecule has 0 nitrogen and oxygen atoms in total. The van der Waals surface area contributed by atoms with Gasteiger partial charge in [-0.3, -0.25) is 0 Å². The lowest BCUT2D eigenvalue weighted by Gasteiger charge is -2.33. The van der Waals surface area contributed by atoms with Gasteiger partial charge in [-0.2, -0.15) is 0 Å². The molecule has 0 aliphatic heterocycles. The van der Waals surface area contributed by atoms with Crippen molar-refractivity contribution in [3.05, 3.63) is 46.6 Å². The molecule has 16 heavy (non-hydrogen) atoms. The zero-order valence-electron chi connectivity index (χ0n) is 11.1. The highest BCUT2D eigenvalue weighted by Gasteiger charge is 2.39. The second kappa shape index (κ2) is 3.76. The highest BCUT2D eigenvalue weighted by Crippen LogP contribution is 2.51. The van der Waals surface area contributed by atoms with Gasteiger partial charge in [0, 0.05) is 0 Å². The second-order valence-electron chi connectivity index (χ2n) is 5.66. The average Bonchev–Trinajstić information content (AvgIpc) is 2.50. The summed E-state index contributed by atoms with van der Waals surface area (Å²) >= 11 is 0. The van der Waals surface area contributed by atoms with Crippen molar-refractivity contribution in [3.8, 4) is 0 Å². The van der Waals surface area contributed by atoms with Gasteiger partial charge in [-0.15, -0.1) is 0 Å². The summed E-state index contributed by atoms with van der Waals surface area (Å²) in [6.07, 6.45) is 10.3. The normalized spacial score (nSPS) is 29.1. The lowest BCUT2D eigenvalue weighted by Crippen LogP contribution is -2.23. The van der Waals surface area contributed by atoms with Crippen molar-refractivity contribution in [2.45, 2.75) is 41.0 Å². The third kappa shape index (κ3) is 1.52. The molecule has 2 aliphatic carbocycles. The average molecular weight is 214 g/mol. The van der Waals surface area contributed by atoms with Crippen LogP contribution in [0, 0.1) is 11.3 Å². The van der Waals surface area contributed by atoms with Crippen LogP contribution in [-0.2, 0) is 0 Å². The zero-order chi connectivity index (χ0) is 11.9. The van der Waals surface area contributed by atoms with Crippen LogP contribution in [0.5, 0.6) is 0 Å². The summed E-state index contributed by atoms with van der Waals surface area (Å²) in [4.78, 5) is 0. The van der Waals surface area contributed by atoms with Crippen LogP contribution < -0.4 is 0 Å². The molecule has 0 radical (unpaired) electrons. The zero-order valence-corrected chi connectivity index (χ0v) is 11.1. The molecule has 0 bridgehead atoms. The first-order chi connectivity index (χ1) is 7.47. The Balaban J connectivity index is 2.58. The van der Waals surface area contributed by atoms with Crippen LogP contribution in [0.4, 0.5) is 0 Å².